The highest BCUT2D eigenvalue weighted by molar-refractivity contribution is 4.83. The van der Waals surface area contributed by atoms with Gasteiger partial charge in [-0.15, -0.1) is 0 Å². The van der Waals surface area contributed by atoms with E-state index in [0.717, 1.165) is 52.5 Å². The monoisotopic (exact) mass is 312 g/mol. The van der Waals surface area contributed by atoms with Crippen molar-refractivity contribution in [3.8, 4) is 0 Å². The van der Waals surface area contributed by atoms with Crippen molar-refractivity contribution >= 4 is 0 Å². The minimum Gasteiger partial charge on any atom is -0.390 e. The summed E-state index contributed by atoms with van der Waals surface area (Å²) in [7, 11) is 0. The maximum atomic E-state index is 10.5. The van der Waals surface area contributed by atoms with Crippen LogP contribution in [0.5, 0.6) is 0 Å². The molecule has 0 radical (unpaired) electrons. The van der Waals surface area contributed by atoms with Crippen molar-refractivity contribution in [1.29, 1.82) is 0 Å². The highest BCUT2D eigenvalue weighted by Gasteiger charge is 2.28. The van der Waals surface area contributed by atoms with Gasteiger partial charge in [0.2, 0.25) is 0 Å². The average molecular weight is 312 g/mol. The minimum atomic E-state index is -0.264. The lowest BCUT2D eigenvalue weighted by Crippen LogP contribution is -2.48. The molecule has 3 fully saturated rings. The third-order valence-electron chi connectivity index (χ3n) is 5.32. The van der Waals surface area contributed by atoms with E-state index in [0.29, 0.717) is 12.1 Å². The molecular weight excluding hydrogens is 280 g/mol. The Hall–Kier alpha value is -0.200. The molecule has 3 aliphatic rings. The van der Waals surface area contributed by atoms with E-state index in [1.807, 2.05) is 0 Å². The first-order chi connectivity index (χ1) is 10.8. The second kappa shape index (κ2) is 8.60. The quantitative estimate of drug-likeness (QED) is 0.763. The molecule has 0 aromatic rings. The largest absolute Gasteiger partial charge is 0.390 e. The van der Waals surface area contributed by atoms with Gasteiger partial charge in [0.15, 0.2) is 0 Å². The van der Waals surface area contributed by atoms with Crippen molar-refractivity contribution in [3.05, 3.63) is 0 Å². The average Bonchev–Trinajstić information content (AvgIpc) is 3.21. The van der Waals surface area contributed by atoms with E-state index in [1.165, 1.54) is 38.5 Å². The number of rotatable bonds is 7. The van der Waals surface area contributed by atoms with Crippen molar-refractivity contribution in [2.24, 2.45) is 0 Å². The van der Waals surface area contributed by atoms with Crippen LogP contribution in [-0.2, 0) is 9.47 Å². The summed E-state index contributed by atoms with van der Waals surface area (Å²) in [5, 5.41) is 10.5. The zero-order valence-corrected chi connectivity index (χ0v) is 13.8. The van der Waals surface area contributed by atoms with Crippen molar-refractivity contribution in [2.45, 2.75) is 56.8 Å². The van der Waals surface area contributed by atoms with Crippen LogP contribution < -0.4 is 0 Å². The lowest BCUT2D eigenvalue weighted by molar-refractivity contribution is -0.00580. The van der Waals surface area contributed by atoms with E-state index >= 15 is 0 Å². The third-order valence-corrected chi connectivity index (χ3v) is 5.32. The predicted molar refractivity (Wildman–Crippen MR) is 86.1 cm³/mol. The Labute approximate surface area is 134 Å². The van der Waals surface area contributed by atoms with Gasteiger partial charge in [0.25, 0.3) is 0 Å². The van der Waals surface area contributed by atoms with Gasteiger partial charge in [-0.3, -0.25) is 9.80 Å². The van der Waals surface area contributed by atoms with Gasteiger partial charge in [0.1, 0.15) is 0 Å². The number of aliphatic hydroxyl groups excluding tert-OH is 1. The van der Waals surface area contributed by atoms with Crippen LogP contribution in [0.15, 0.2) is 0 Å². The van der Waals surface area contributed by atoms with Crippen LogP contribution in [-0.4, -0.2) is 85.7 Å². The Kier molecular flexibility index (Phi) is 6.51. The summed E-state index contributed by atoms with van der Waals surface area (Å²) in [6, 6.07) is 0.656. The molecule has 0 bridgehead atoms. The minimum absolute atomic E-state index is 0.264. The maximum absolute atomic E-state index is 10.5. The highest BCUT2D eigenvalue weighted by Crippen LogP contribution is 2.25. The molecule has 3 rings (SSSR count). The number of ether oxygens (including phenoxy) is 2. The number of nitrogens with zero attached hydrogens (tertiary/aromatic N) is 2. The summed E-state index contributed by atoms with van der Waals surface area (Å²) in [6.07, 6.45) is 7.76. The van der Waals surface area contributed by atoms with Crippen molar-refractivity contribution in [3.63, 3.8) is 0 Å². The molecule has 0 spiro atoms. The second-order valence-corrected chi connectivity index (χ2v) is 7.09. The summed E-state index contributed by atoms with van der Waals surface area (Å²) in [5.41, 5.74) is 0. The Morgan fingerprint density at radius 3 is 2.50 bits per heavy atom. The molecule has 2 unspecified atom stereocenters. The lowest BCUT2D eigenvalue weighted by Gasteiger charge is -2.35. The van der Waals surface area contributed by atoms with Crippen LogP contribution in [0.3, 0.4) is 0 Å². The van der Waals surface area contributed by atoms with Crippen LogP contribution in [0, 0.1) is 0 Å². The van der Waals surface area contributed by atoms with Crippen molar-refractivity contribution < 1.29 is 14.6 Å². The molecule has 0 amide bonds. The standard InChI is InChI=1S/C17H32N2O3/c20-16(12-18-7-10-21-11-8-18)13-19(15-4-1-2-5-15)14-17-6-3-9-22-17/h15-17,20H,1-14H2. The Morgan fingerprint density at radius 2 is 1.82 bits per heavy atom. The number of morpholine rings is 1. The van der Waals surface area contributed by atoms with Crippen LogP contribution >= 0.6 is 0 Å². The maximum Gasteiger partial charge on any atom is 0.0793 e. The lowest BCUT2D eigenvalue weighted by atomic mass is 10.1. The van der Waals surface area contributed by atoms with Crippen LogP contribution in [0.25, 0.3) is 0 Å². The van der Waals surface area contributed by atoms with Gasteiger partial charge in [-0.2, -0.15) is 0 Å². The van der Waals surface area contributed by atoms with E-state index in [1.54, 1.807) is 0 Å². The summed E-state index contributed by atoms with van der Waals surface area (Å²) in [5.74, 6) is 0. The van der Waals surface area contributed by atoms with Crippen LogP contribution in [0.4, 0.5) is 0 Å². The van der Waals surface area contributed by atoms with E-state index < -0.39 is 0 Å². The fraction of sp³-hybridized carbons (Fsp3) is 1.00. The fourth-order valence-corrected chi connectivity index (χ4v) is 4.10. The molecule has 1 aliphatic carbocycles. The molecular formula is C17H32N2O3. The molecule has 2 heterocycles. The number of hydrogen-bond donors (Lipinski definition) is 1. The fourth-order valence-electron chi connectivity index (χ4n) is 4.10. The van der Waals surface area contributed by atoms with E-state index in [-0.39, 0.29) is 6.10 Å². The zero-order chi connectivity index (χ0) is 15.2. The van der Waals surface area contributed by atoms with Crippen molar-refractivity contribution in [1.82, 2.24) is 9.80 Å². The molecule has 5 nitrogen and oxygen atoms in total. The van der Waals surface area contributed by atoms with Gasteiger partial charge < -0.3 is 14.6 Å². The van der Waals surface area contributed by atoms with Gasteiger partial charge in [-0.1, -0.05) is 12.8 Å². The predicted octanol–water partition coefficient (Wildman–Crippen LogP) is 1.10. The van der Waals surface area contributed by atoms with Crippen LogP contribution in [0.1, 0.15) is 38.5 Å². The van der Waals surface area contributed by atoms with E-state index in [4.69, 9.17) is 9.47 Å². The SMILES string of the molecule is OC(CN1CCOCC1)CN(CC1CCCO1)C1CCCC1. The molecule has 2 aliphatic heterocycles. The summed E-state index contributed by atoms with van der Waals surface area (Å²) >= 11 is 0. The van der Waals surface area contributed by atoms with Crippen LogP contribution in [0.2, 0.25) is 0 Å². The van der Waals surface area contributed by atoms with Crippen molar-refractivity contribution in [2.75, 3.05) is 52.5 Å². The molecule has 2 atom stereocenters. The molecule has 2 saturated heterocycles. The molecule has 0 aromatic heterocycles. The highest BCUT2D eigenvalue weighted by atomic mass is 16.5. The summed E-state index contributed by atoms with van der Waals surface area (Å²) < 4.78 is 11.2. The Balaban J connectivity index is 1.48. The smallest absolute Gasteiger partial charge is 0.0793 e. The third kappa shape index (κ3) is 4.90. The molecule has 5 heteroatoms. The molecule has 1 N–H and O–H groups in total. The number of hydrogen-bond acceptors (Lipinski definition) is 5. The summed E-state index contributed by atoms with van der Waals surface area (Å²) in [6.45, 7) is 6.99. The Bertz CT molecular complexity index is 311. The molecule has 22 heavy (non-hydrogen) atoms. The molecule has 128 valence electrons. The van der Waals surface area contributed by atoms with Gasteiger partial charge in [-0.25, -0.2) is 0 Å². The van der Waals surface area contributed by atoms with Gasteiger partial charge >= 0.3 is 0 Å². The topological polar surface area (TPSA) is 45.2 Å². The van der Waals surface area contributed by atoms with Gasteiger partial charge in [0, 0.05) is 45.4 Å². The number of aliphatic hydroxyl groups is 1. The second-order valence-electron chi connectivity index (χ2n) is 7.09. The molecule has 0 aromatic carbocycles. The van der Waals surface area contributed by atoms with Gasteiger partial charge in [0.05, 0.1) is 25.4 Å². The summed E-state index contributed by atoms with van der Waals surface area (Å²) in [4.78, 5) is 4.85. The van der Waals surface area contributed by atoms with E-state index in [9.17, 15) is 5.11 Å². The first-order valence-corrected chi connectivity index (χ1v) is 9.15. The molecule has 1 saturated carbocycles. The Morgan fingerprint density at radius 1 is 1.05 bits per heavy atom. The normalized spacial score (nSPS) is 29.5. The van der Waals surface area contributed by atoms with E-state index in [2.05, 4.69) is 9.80 Å². The zero-order valence-electron chi connectivity index (χ0n) is 13.8. The first kappa shape index (κ1) is 16.7. The van der Waals surface area contributed by atoms with Gasteiger partial charge in [-0.05, 0) is 25.7 Å². The number of β-amino-alcohol motifs (C(OH)–C–C–N with tert-alkyl or cyclic N) is 1. The first-order valence-electron chi connectivity index (χ1n) is 9.15.